The summed E-state index contributed by atoms with van der Waals surface area (Å²) in [5.41, 5.74) is 0.0352. The van der Waals surface area contributed by atoms with Crippen LogP contribution in [0, 0.1) is 23.5 Å². The number of aryl methyl sites for hydroxylation is 1. The monoisotopic (exact) mass is 350 g/mol. The topological polar surface area (TPSA) is 26.3 Å². The second-order valence-corrected chi connectivity index (χ2v) is 5.16. The maximum Gasteiger partial charge on any atom is 0.305 e. The summed E-state index contributed by atoms with van der Waals surface area (Å²) in [5, 5.41) is 0. The molecular weight excluding hydrogens is 336 g/mol. The minimum Gasteiger partial charge on any atom is -0.469 e. The molecule has 2 nitrogen and oxygen atoms in total. The van der Waals surface area contributed by atoms with Gasteiger partial charge in [0.15, 0.2) is 0 Å². The zero-order chi connectivity index (χ0) is 18.4. The molecule has 0 spiro atoms. The molecule has 0 bridgehead atoms. The van der Waals surface area contributed by atoms with Crippen molar-refractivity contribution in [3.05, 3.63) is 70.3 Å². The second-order valence-electron chi connectivity index (χ2n) is 5.16. The van der Waals surface area contributed by atoms with Crippen LogP contribution in [-0.2, 0) is 16.0 Å². The van der Waals surface area contributed by atoms with E-state index < -0.39 is 24.0 Å². The summed E-state index contributed by atoms with van der Waals surface area (Å²) in [5.74, 6) is 3.29. The Hall–Kier alpha value is -2.81. The van der Waals surface area contributed by atoms with E-state index in [1.165, 1.54) is 19.2 Å². The maximum atomic E-state index is 14.0. The average molecular weight is 350 g/mol. The van der Waals surface area contributed by atoms with Crippen LogP contribution in [-0.4, -0.2) is 13.1 Å². The Balaban J connectivity index is 2.23. The second kappa shape index (κ2) is 8.34. The summed E-state index contributed by atoms with van der Waals surface area (Å²) in [6, 6.07) is 6.92. The van der Waals surface area contributed by atoms with Crippen LogP contribution in [0.25, 0.3) is 0 Å². The van der Waals surface area contributed by atoms with Gasteiger partial charge in [-0.3, -0.25) is 4.79 Å². The van der Waals surface area contributed by atoms with Crippen molar-refractivity contribution in [2.24, 2.45) is 0 Å². The number of esters is 1. The van der Waals surface area contributed by atoms with Gasteiger partial charge in [0.1, 0.15) is 11.6 Å². The molecule has 6 heteroatoms. The van der Waals surface area contributed by atoms with Crippen molar-refractivity contribution in [3.8, 4) is 11.8 Å². The smallest absolute Gasteiger partial charge is 0.305 e. The van der Waals surface area contributed by atoms with Crippen LogP contribution in [0.1, 0.15) is 35.1 Å². The van der Waals surface area contributed by atoms with Crippen LogP contribution in [0.3, 0.4) is 0 Å². The van der Waals surface area contributed by atoms with E-state index in [0.717, 1.165) is 24.3 Å². The Morgan fingerprint density at radius 2 is 1.88 bits per heavy atom. The molecule has 25 heavy (non-hydrogen) atoms. The van der Waals surface area contributed by atoms with Gasteiger partial charge in [0.25, 0.3) is 6.43 Å². The molecule has 0 N–H and O–H groups in total. The van der Waals surface area contributed by atoms with Gasteiger partial charge >= 0.3 is 5.97 Å². The lowest BCUT2D eigenvalue weighted by Gasteiger charge is -2.04. The van der Waals surface area contributed by atoms with Crippen LogP contribution >= 0.6 is 0 Å². The maximum absolute atomic E-state index is 14.0. The minimum absolute atomic E-state index is 0.0412. The van der Waals surface area contributed by atoms with Crippen molar-refractivity contribution in [1.82, 2.24) is 0 Å². The van der Waals surface area contributed by atoms with Crippen molar-refractivity contribution in [1.29, 1.82) is 0 Å². The summed E-state index contributed by atoms with van der Waals surface area (Å²) in [7, 11) is 1.25. The molecule has 0 atom stereocenters. The number of alkyl halides is 2. The van der Waals surface area contributed by atoms with Gasteiger partial charge < -0.3 is 4.74 Å². The van der Waals surface area contributed by atoms with E-state index in [9.17, 15) is 22.4 Å². The Kier molecular flexibility index (Phi) is 6.18. The van der Waals surface area contributed by atoms with Crippen LogP contribution in [0.4, 0.5) is 17.6 Å². The van der Waals surface area contributed by atoms with Gasteiger partial charge in [-0.1, -0.05) is 17.9 Å². The highest BCUT2D eigenvalue weighted by molar-refractivity contribution is 5.69. The number of hydrogen-bond donors (Lipinski definition) is 0. The summed E-state index contributed by atoms with van der Waals surface area (Å²) in [6.45, 7) is 0. The highest BCUT2D eigenvalue weighted by Gasteiger charge is 2.12. The molecule has 0 saturated heterocycles. The number of benzene rings is 2. The third kappa shape index (κ3) is 5.08. The van der Waals surface area contributed by atoms with Crippen molar-refractivity contribution in [2.45, 2.75) is 19.3 Å². The van der Waals surface area contributed by atoms with E-state index in [4.69, 9.17) is 0 Å². The largest absolute Gasteiger partial charge is 0.469 e. The number of rotatable bonds is 4. The predicted molar refractivity (Wildman–Crippen MR) is 84.1 cm³/mol. The summed E-state index contributed by atoms with van der Waals surface area (Å²) < 4.78 is 57.5. The fourth-order valence-corrected chi connectivity index (χ4v) is 2.13. The normalized spacial score (nSPS) is 10.3. The van der Waals surface area contributed by atoms with Crippen LogP contribution in [0.2, 0.25) is 0 Å². The van der Waals surface area contributed by atoms with Gasteiger partial charge in [-0.05, 0) is 42.3 Å². The average Bonchev–Trinajstić information content (AvgIpc) is 2.58. The van der Waals surface area contributed by atoms with Crippen LogP contribution < -0.4 is 0 Å². The number of carbonyl (C=O) groups excluding carboxylic acids is 1. The first-order valence-electron chi connectivity index (χ1n) is 7.35. The third-order valence-electron chi connectivity index (χ3n) is 3.47. The highest BCUT2D eigenvalue weighted by Crippen LogP contribution is 2.23. The van der Waals surface area contributed by atoms with E-state index in [1.807, 2.05) is 0 Å². The van der Waals surface area contributed by atoms with Gasteiger partial charge in [-0.15, -0.1) is 0 Å². The minimum atomic E-state index is -2.79. The Labute approximate surface area is 142 Å². The lowest BCUT2D eigenvalue weighted by molar-refractivity contribution is -0.140. The lowest BCUT2D eigenvalue weighted by atomic mass is 10.0. The van der Waals surface area contributed by atoms with E-state index in [1.54, 1.807) is 0 Å². The van der Waals surface area contributed by atoms with Crippen molar-refractivity contribution >= 4 is 5.97 Å². The Morgan fingerprint density at radius 1 is 1.12 bits per heavy atom. The first kappa shape index (κ1) is 18.5. The molecule has 130 valence electrons. The molecule has 0 amide bonds. The van der Waals surface area contributed by atoms with Crippen molar-refractivity contribution in [2.75, 3.05) is 7.11 Å². The SMILES string of the molecule is COC(=O)CCc1ccc(C#Cc2cc(F)ccc2C(F)F)cc1F. The van der Waals surface area contributed by atoms with Gasteiger partial charge in [0.2, 0.25) is 0 Å². The van der Waals surface area contributed by atoms with Gasteiger partial charge in [-0.2, -0.15) is 0 Å². The Bertz CT molecular complexity index is 835. The zero-order valence-corrected chi connectivity index (χ0v) is 13.3. The van der Waals surface area contributed by atoms with E-state index in [-0.39, 0.29) is 29.5 Å². The molecule has 0 fully saturated rings. The first-order chi connectivity index (χ1) is 11.9. The number of ether oxygens (including phenoxy) is 1. The molecule has 0 aromatic heterocycles. The number of halogens is 4. The van der Waals surface area contributed by atoms with E-state index in [2.05, 4.69) is 16.6 Å². The van der Waals surface area contributed by atoms with E-state index in [0.29, 0.717) is 5.56 Å². The quantitative estimate of drug-likeness (QED) is 0.464. The third-order valence-corrected chi connectivity index (χ3v) is 3.47. The molecule has 0 aliphatic heterocycles. The first-order valence-corrected chi connectivity index (χ1v) is 7.35. The summed E-state index contributed by atoms with van der Waals surface area (Å²) >= 11 is 0. The van der Waals surface area contributed by atoms with Crippen molar-refractivity contribution < 1.29 is 27.1 Å². The fourth-order valence-electron chi connectivity index (χ4n) is 2.13. The number of hydrogen-bond acceptors (Lipinski definition) is 2. The van der Waals surface area contributed by atoms with Crippen molar-refractivity contribution in [3.63, 3.8) is 0 Å². The van der Waals surface area contributed by atoms with Gasteiger partial charge in [-0.25, -0.2) is 17.6 Å². The fraction of sp³-hybridized carbons (Fsp3) is 0.211. The van der Waals surface area contributed by atoms with Gasteiger partial charge in [0, 0.05) is 23.1 Å². The molecule has 2 aromatic rings. The molecular formula is C19H14F4O2. The zero-order valence-electron chi connectivity index (χ0n) is 13.3. The number of carbonyl (C=O) groups is 1. The lowest BCUT2D eigenvalue weighted by Crippen LogP contribution is -2.03. The van der Waals surface area contributed by atoms with Gasteiger partial charge in [0.05, 0.1) is 7.11 Å². The molecule has 0 saturated carbocycles. The highest BCUT2D eigenvalue weighted by atomic mass is 19.3. The standard InChI is InChI=1S/C19H14F4O2/c1-25-18(24)9-6-13-4-2-12(10-17(13)21)3-5-14-11-15(20)7-8-16(14)19(22)23/h2,4,7-8,10-11,19H,6,9H2,1H3. The Morgan fingerprint density at radius 3 is 2.52 bits per heavy atom. The summed E-state index contributed by atoms with van der Waals surface area (Å²) in [4.78, 5) is 11.1. The molecule has 0 unspecified atom stereocenters. The summed E-state index contributed by atoms with van der Waals surface area (Å²) in [6.07, 6.45) is -2.58. The molecule has 0 aliphatic rings. The predicted octanol–water partition coefficient (Wildman–Crippen LogP) is 4.41. The molecule has 0 heterocycles. The number of methoxy groups -OCH3 is 1. The molecule has 2 aromatic carbocycles. The van der Waals surface area contributed by atoms with Crippen LogP contribution in [0.5, 0.6) is 0 Å². The van der Waals surface area contributed by atoms with Crippen LogP contribution in [0.15, 0.2) is 36.4 Å². The van der Waals surface area contributed by atoms with E-state index >= 15 is 0 Å². The molecule has 2 rings (SSSR count). The molecule has 0 aliphatic carbocycles. The molecule has 0 radical (unpaired) electrons.